The van der Waals surface area contributed by atoms with Crippen LogP contribution in [0.25, 0.3) is 0 Å². The fourth-order valence-electron chi connectivity index (χ4n) is 1.86. The summed E-state index contributed by atoms with van der Waals surface area (Å²) in [6.45, 7) is 0.445. The Kier molecular flexibility index (Phi) is 3.56. The average molecular weight is 256 g/mol. The van der Waals surface area contributed by atoms with Gasteiger partial charge in [-0.05, 0) is 18.2 Å². The third-order valence-electron chi connectivity index (χ3n) is 2.76. The first kappa shape index (κ1) is 12.8. The molecular weight excluding hydrogens is 242 g/mol. The first-order valence-corrected chi connectivity index (χ1v) is 5.75. The lowest BCUT2D eigenvalue weighted by Crippen LogP contribution is -2.42. The lowest BCUT2D eigenvalue weighted by Gasteiger charge is -2.02. The van der Waals surface area contributed by atoms with Gasteiger partial charge in [-0.1, -0.05) is 12.1 Å². The predicted molar refractivity (Wildman–Crippen MR) is 69.2 cm³/mol. The maximum absolute atomic E-state index is 11.3. The van der Waals surface area contributed by atoms with E-state index in [1.54, 1.807) is 41.1 Å². The summed E-state index contributed by atoms with van der Waals surface area (Å²) in [5.74, 6) is -0.971. The molecule has 96 valence electrons. The van der Waals surface area contributed by atoms with Crippen molar-refractivity contribution in [3.8, 4) is 0 Å². The molecule has 0 atom stereocenters. The Hall–Kier alpha value is -2.69. The first-order valence-electron chi connectivity index (χ1n) is 5.75. The molecule has 0 aliphatic carbocycles. The van der Waals surface area contributed by atoms with Gasteiger partial charge in [0.05, 0.1) is 0 Å². The van der Waals surface area contributed by atoms with Gasteiger partial charge in [0.1, 0.15) is 0 Å². The predicted octanol–water partition coefficient (Wildman–Crippen LogP) is 0.220. The van der Waals surface area contributed by atoms with E-state index in [-0.39, 0.29) is 0 Å². The highest BCUT2D eigenvalue weighted by Gasteiger charge is 2.15. The van der Waals surface area contributed by atoms with E-state index >= 15 is 0 Å². The monoisotopic (exact) mass is 256 g/mol. The Morgan fingerprint density at radius 3 is 2.47 bits per heavy atom. The molecule has 0 spiro atoms. The Labute approximate surface area is 110 Å². The van der Waals surface area contributed by atoms with Crippen molar-refractivity contribution in [1.29, 1.82) is 0 Å². The number of pyridine rings is 1. The van der Waals surface area contributed by atoms with Crippen LogP contribution in [-0.4, -0.2) is 11.8 Å². The lowest BCUT2D eigenvalue weighted by atomic mass is 10.1. The molecule has 1 aromatic heterocycles. The van der Waals surface area contributed by atoms with E-state index in [1.165, 1.54) is 0 Å². The molecule has 5 nitrogen and oxygen atoms in total. The van der Waals surface area contributed by atoms with Gasteiger partial charge in [-0.2, -0.15) is 4.57 Å². The maximum Gasteiger partial charge on any atom is 0.313 e. The number of primary amides is 2. The SMILES string of the molecule is NC(=O)c1cccc(C[n+]2ccccc2C(N)=O)c1. The van der Waals surface area contributed by atoms with Gasteiger partial charge in [0.15, 0.2) is 12.7 Å². The highest BCUT2D eigenvalue weighted by atomic mass is 16.1. The van der Waals surface area contributed by atoms with Crippen molar-refractivity contribution < 1.29 is 14.2 Å². The second-order valence-corrected chi connectivity index (χ2v) is 4.14. The van der Waals surface area contributed by atoms with Gasteiger partial charge in [-0.15, -0.1) is 0 Å². The highest BCUT2D eigenvalue weighted by molar-refractivity contribution is 5.92. The van der Waals surface area contributed by atoms with Gasteiger partial charge < -0.3 is 11.5 Å². The number of hydrogen-bond acceptors (Lipinski definition) is 2. The topological polar surface area (TPSA) is 90.1 Å². The molecule has 0 radical (unpaired) electrons. The van der Waals surface area contributed by atoms with Gasteiger partial charge >= 0.3 is 5.91 Å². The van der Waals surface area contributed by atoms with E-state index in [9.17, 15) is 9.59 Å². The number of nitrogens with zero attached hydrogens (tertiary/aromatic N) is 1. The van der Waals surface area contributed by atoms with Crippen molar-refractivity contribution in [2.45, 2.75) is 6.54 Å². The number of aromatic nitrogens is 1. The molecule has 2 amide bonds. The largest absolute Gasteiger partial charge is 0.366 e. The molecule has 5 heteroatoms. The average Bonchev–Trinajstić information content (AvgIpc) is 2.39. The van der Waals surface area contributed by atoms with Crippen molar-refractivity contribution in [2.75, 3.05) is 0 Å². The van der Waals surface area contributed by atoms with Crippen molar-refractivity contribution in [2.24, 2.45) is 11.5 Å². The van der Waals surface area contributed by atoms with Crippen LogP contribution >= 0.6 is 0 Å². The summed E-state index contributed by atoms with van der Waals surface area (Å²) in [4.78, 5) is 22.4. The Bertz CT molecular complexity index is 638. The van der Waals surface area contributed by atoms with Gasteiger partial charge in [-0.25, -0.2) is 0 Å². The maximum atomic E-state index is 11.3. The normalized spacial score (nSPS) is 10.1. The number of benzene rings is 1. The molecule has 0 fully saturated rings. The summed E-state index contributed by atoms with van der Waals surface area (Å²) < 4.78 is 1.72. The Morgan fingerprint density at radius 1 is 1.00 bits per heavy atom. The number of nitrogens with two attached hydrogens (primary N) is 2. The first-order chi connectivity index (χ1) is 9.08. The van der Waals surface area contributed by atoms with Gasteiger partial charge in [0.25, 0.3) is 5.69 Å². The van der Waals surface area contributed by atoms with Gasteiger partial charge in [0, 0.05) is 23.3 Å². The van der Waals surface area contributed by atoms with E-state index in [2.05, 4.69) is 0 Å². The zero-order valence-electron chi connectivity index (χ0n) is 10.2. The van der Waals surface area contributed by atoms with Gasteiger partial charge in [0.2, 0.25) is 5.91 Å². The molecular formula is C14H14N3O2+. The van der Waals surface area contributed by atoms with E-state index in [0.29, 0.717) is 17.8 Å². The molecule has 2 aromatic rings. The number of hydrogen-bond donors (Lipinski definition) is 2. The van der Waals surface area contributed by atoms with Crippen LogP contribution in [-0.2, 0) is 6.54 Å². The Balaban J connectivity index is 2.34. The molecule has 2 rings (SSSR count). The van der Waals surface area contributed by atoms with E-state index < -0.39 is 11.8 Å². The molecule has 4 N–H and O–H groups in total. The summed E-state index contributed by atoms with van der Waals surface area (Å²) >= 11 is 0. The van der Waals surface area contributed by atoms with Gasteiger partial charge in [-0.3, -0.25) is 9.59 Å². The summed E-state index contributed by atoms with van der Waals surface area (Å²) in [5, 5.41) is 0. The lowest BCUT2D eigenvalue weighted by molar-refractivity contribution is -0.690. The molecule has 0 saturated carbocycles. The van der Waals surface area contributed by atoms with Crippen LogP contribution in [0.4, 0.5) is 0 Å². The van der Waals surface area contributed by atoms with E-state index in [4.69, 9.17) is 11.5 Å². The zero-order valence-corrected chi connectivity index (χ0v) is 10.2. The third kappa shape index (κ3) is 2.95. The molecule has 1 aromatic carbocycles. The van der Waals surface area contributed by atoms with Crippen molar-refractivity contribution in [3.05, 3.63) is 65.5 Å². The number of carbonyl (C=O) groups excluding carboxylic acids is 2. The summed E-state index contributed by atoms with van der Waals surface area (Å²) in [7, 11) is 0. The minimum atomic E-state index is -0.494. The van der Waals surface area contributed by atoms with Crippen molar-refractivity contribution >= 4 is 11.8 Å². The second kappa shape index (κ2) is 5.30. The van der Waals surface area contributed by atoms with Crippen molar-refractivity contribution in [3.63, 3.8) is 0 Å². The Morgan fingerprint density at radius 2 is 1.79 bits per heavy atom. The van der Waals surface area contributed by atoms with E-state index in [0.717, 1.165) is 5.56 Å². The standard InChI is InChI=1S/C14H13N3O2/c15-13(18)11-5-3-4-10(8-11)9-17-7-2-1-6-12(17)14(16)19/h1-8H,9H2,(H3-,15,16,18,19)/p+1. The van der Waals surface area contributed by atoms with Crippen LogP contribution in [0.15, 0.2) is 48.7 Å². The minimum absolute atomic E-state index is 0.409. The molecule has 0 aliphatic heterocycles. The number of rotatable bonds is 4. The molecule has 1 heterocycles. The molecule has 0 unspecified atom stereocenters. The quantitative estimate of drug-likeness (QED) is 0.766. The molecule has 0 saturated heterocycles. The molecule has 0 bridgehead atoms. The van der Waals surface area contributed by atoms with Crippen LogP contribution in [0, 0.1) is 0 Å². The van der Waals surface area contributed by atoms with Crippen LogP contribution in [0.1, 0.15) is 26.4 Å². The molecule has 19 heavy (non-hydrogen) atoms. The smallest absolute Gasteiger partial charge is 0.313 e. The number of carbonyl (C=O) groups is 2. The molecule has 0 aliphatic rings. The third-order valence-corrected chi connectivity index (χ3v) is 2.76. The van der Waals surface area contributed by atoms with Crippen LogP contribution in [0.3, 0.4) is 0 Å². The summed E-state index contributed by atoms with van der Waals surface area (Å²) in [6.07, 6.45) is 1.76. The fourth-order valence-corrected chi connectivity index (χ4v) is 1.86. The number of amides is 2. The second-order valence-electron chi connectivity index (χ2n) is 4.14. The minimum Gasteiger partial charge on any atom is -0.366 e. The zero-order chi connectivity index (χ0) is 13.8. The summed E-state index contributed by atoms with van der Waals surface area (Å²) in [6, 6.07) is 12.2. The van der Waals surface area contributed by atoms with E-state index in [1.807, 2.05) is 12.1 Å². The fraction of sp³-hybridized carbons (Fsp3) is 0.0714. The summed E-state index contributed by atoms with van der Waals surface area (Å²) in [5.41, 5.74) is 12.3. The van der Waals surface area contributed by atoms with Crippen LogP contribution in [0.5, 0.6) is 0 Å². The van der Waals surface area contributed by atoms with Crippen LogP contribution in [0.2, 0.25) is 0 Å². The highest BCUT2D eigenvalue weighted by Crippen LogP contribution is 2.05. The van der Waals surface area contributed by atoms with Crippen LogP contribution < -0.4 is 16.0 Å². The van der Waals surface area contributed by atoms with Crippen molar-refractivity contribution in [1.82, 2.24) is 0 Å².